The molecule has 112 valence electrons. The lowest BCUT2D eigenvalue weighted by Gasteiger charge is -2.29. The Bertz CT molecular complexity index is 549. The molecule has 0 saturated carbocycles. The van der Waals surface area contributed by atoms with Gasteiger partial charge in [-0.15, -0.1) is 6.42 Å². The van der Waals surface area contributed by atoms with Crippen LogP contribution in [0.2, 0.25) is 0 Å². The maximum atomic E-state index is 12.6. The first-order valence-electron chi connectivity index (χ1n) is 6.78. The van der Waals surface area contributed by atoms with E-state index in [4.69, 9.17) is 11.5 Å². The molecule has 0 aliphatic heterocycles. The van der Waals surface area contributed by atoms with Gasteiger partial charge in [0, 0.05) is 18.8 Å². The molecule has 0 spiro atoms. The number of anilines is 1. The molecule has 1 aromatic rings. The van der Waals surface area contributed by atoms with Crippen molar-refractivity contribution in [1.82, 2.24) is 4.90 Å². The van der Waals surface area contributed by atoms with Gasteiger partial charge in [0.15, 0.2) is 0 Å². The van der Waals surface area contributed by atoms with E-state index in [2.05, 4.69) is 5.92 Å². The summed E-state index contributed by atoms with van der Waals surface area (Å²) in [5.41, 5.74) is 1.62. The van der Waals surface area contributed by atoms with Gasteiger partial charge in [-0.2, -0.15) is 0 Å². The minimum atomic E-state index is -0.943. The minimum absolute atomic E-state index is 0.111. The maximum absolute atomic E-state index is 12.6. The number of aliphatic carboxylic acids is 1. The summed E-state index contributed by atoms with van der Waals surface area (Å²) < 4.78 is 0. The quantitative estimate of drug-likeness (QED) is 0.817. The van der Waals surface area contributed by atoms with E-state index in [9.17, 15) is 9.59 Å². The largest absolute Gasteiger partial charge is 0.481 e. The van der Waals surface area contributed by atoms with Crippen LogP contribution in [-0.2, 0) is 4.79 Å². The number of nitrogens with zero attached hydrogens (tertiary/aromatic N) is 2. The Labute approximate surface area is 125 Å². The van der Waals surface area contributed by atoms with Crippen LogP contribution >= 0.6 is 0 Å². The zero-order valence-electron chi connectivity index (χ0n) is 12.4. The first kappa shape index (κ1) is 16.6. The summed E-state index contributed by atoms with van der Waals surface area (Å²) in [6.45, 7) is 4.50. The van der Waals surface area contributed by atoms with Crippen LogP contribution in [0.3, 0.4) is 0 Å². The third kappa shape index (κ3) is 4.53. The van der Waals surface area contributed by atoms with Crippen molar-refractivity contribution < 1.29 is 14.7 Å². The molecule has 2 amide bonds. The molecule has 0 aliphatic rings. The number of rotatable bonds is 6. The summed E-state index contributed by atoms with van der Waals surface area (Å²) in [7, 11) is 0. The third-order valence-electron chi connectivity index (χ3n) is 3.12. The molecule has 0 aliphatic carbocycles. The lowest BCUT2D eigenvalue weighted by Crippen LogP contribution is -2.44. The molecule has 0 atom stereocenters. The molecular weight excluding hydrogens is 268 g/mol. The summed E-state index contributed by atoms with van der Waals surface area (Å²) in [5, 5.41) is 8.88. The first-order chi connectivity index (χ1) is 10.0. The number of carbonyl (C=O) groups is 2. The summed E-state index contributed by atoms with van der Waals surface area (Å²) in [4.78, 5) is 26.4. The van der Waals surface area contributed by atoms with Gasteiger partial charge in [-0.1, -0.05) is 24.1 Å². The van der Waals surface area contributed by atoms with E-state index in [1.165, 1.54) is 9.80 Å². The number of urea groups is 1. The van der Waals surface area contributed by atoms with Gasteiger partial charge in [-0.05, 0) is 25.5 Å². The Hall–Kier alpha value is -2.48. The Morgan fingerprint density at radius 2 is 2.00 bits per heavy atom. The smallest absolute Gasteiger partial charge is 0.325 e. The van der Waals surface area contributed by atoms with Gasteiger partial charge >= 0.3 is 12.0 Å². The van der Waals surface area contributed by atoms with E-state index < -0.39 is 5.97 Å². The van der Waals surface area contributed by atoms with Gasteiger partial charge in [-0.3, -0.25) is 9.69 Å². The average Bonchev–Trinajstić information content (AvgIpc) is 2.46. The molecule has 0 aromatic heterocycles. The van der Waals surface area contributed by atoms with Gasteiger partial charge in [-0.25, -0.2) is 4.79 Å². The van der Waals surface area contributed by atoms with Crippen molar-refractivity contribution in [2.45, 2.75) is 20.3 Å². The van der Waals surface area contributed by atoms with Crippen LogP contribution in [0.4, 0.5) is 10.5 Å². The maximum Gasteiger partial charge on any atom is 0.325 e. The number of carbonyl (C=O) groups excluding carboxylic acids is 1. The molecule has 0 unspecified atom stereocenters. The van der Waals surface area contributed by atoms with Gasteiger partial charge in [0.2, 0.25) is 0 Å². The van der Waals surface area contributed by atoms with Crippen LogP contribution in [0, 0.1) is 19.3 Å². The highest BCUT2D eigenvalue weighted by atomic mass is 16.4. The van der Waals surface area contributed by atoms with Crippen molar-refractivity contribution in [1.29, 1.82) is 0 Å². The lowest BCUT2D eigenvalue weighted by molar-refractivity contribution is -0.136. The fourth-order valence-electron chi connectivity index (χ4n) is 1.99. The Morgan fingerprint density at radius 1 is 1.33 bits per heavy atom. The highest BCUT2D eigenvalue weighted by Gasteiger charge is 2.22. The Balaban J connectivity index is 3.07. The predicted octanol–water partition coefficient (Wildman–Crippen LogP) is 2.35. The van der Waals surface area contributed by atoms with Crippen molar-refractivity contribution >= 4 is 17.7 Å². The number of benzene rings is 1. The van der Waals surface area contributed by atoms with Crippen molar-refractivity contribution in [3.63, 3.8) is 0 Å². The van der Waals surface area contributed by atoms with Gasteiger partial charge in [0.25, 0.3) is 0 Å². The first-order valence-corrected chi connectivity index (χ1v) is 6.78. The number of aryl methyl sites for hydroxylation is 1. The number of terminal acetylenes is 1. The summed E-state index contributed by atoms with van der Waals surface area (Å²) in [6.07, 6.45) is 5.16. The fraction of sp³-hybridized carbons (Fsp3) is 0.375. The zero-order valence-corrected chi connectivity index (χ0v) is 12.4. The van der Waals surface area contributed by atoms with Gasteiger partial charge in [0.05, 0.1) is 13.0 Å². The van der Waals surface area contributed by atoms with Gasteiger partial charge in [0.1, 0.15) is 0 Å². The fourth-order valence-corrected chi connectivity index (χ4v) is 1.99. The van der Waals surface area contributed by atoms with Crippen LogP contribution in [0.25, 0.3) is 0 Å². The molecule has 21 heavy (non-hydrogen) atoms. The van der Waals surface area contributed by atoms with Crippen LogP contribution in [0.5, 0.6) is 0 Å². The van der Waals surface area contributed by atoms with E-state index >= 15 is 0 Å². The second-order valence-electron chi connectivity index (χ2n) is 4.58. The summed E-state index contributed by atoms with van der Waals surface area (Å²) in [6, 6.07) is 7.11. The molecule has 1 rings (SSSR count). The van der Waals surface area contributed by atoms with Crippen molar-refractivity contribution in [2.24, 2.45) is 0 Å². The van der Waals surface area contributed by atoms with E-state index in [1.807, 2.05) is 32.0 Å². The molecule has 1 aromatic carbocycles. The number of para-hydroxylation sites is 1. The topological polar surface area (TPSA) is 60.9 Å². The lowest BCUT2D eigenvalue weighted by atomic mass is 10.2. The second kappa shape index (κ2) is 7.95. The molecule has 0 bridgehead atoms. The second-order valence-corrected chi connectivity index (χ2v) is 4.58. The minimum Gasteiger partial charge on any atom is -0.481 e. The zero-order chi connectivity index (χ0) is 15.8. The van der Waals surface area contributed by atoms with E-state index in [-0.39, 0.29) is 25.5 Å². The SMILES string of the molecule is C#CCN(CC)C(=O)N(CCC(=O)O)c1ccccc1C. The third-order valence-corrected chi connectivity index (χ3v) is 3.12. The Kier molecular flexibility index (Phi) is 6.28. The monoisotopic (exact) mass is 288 g/mol. The molecule has 0 saturated heterocycles. The molecule has 5 heteroatoms. The van der Waals surface area contributed by atoms with E-state index in [0.29, 0.717) is 12.2 Å². The van der Waals surface area contributed by atoms with Gasteiger partial charge < -0.3 is 10.0 Å². The molecule has 5 nitrogen and oxygen atoms in total. The molecular formula is C16H20N2O3. The van der Waals surface area contributed by atoms with Crippen LogP contribution in [-0.4, -0.2) is 41.6 Å². The number of hydrogen-bond acceptors (Lipinski definition) is 2. The molecule has 0 fully saturated rings. The van der Waals surface area contributed by atoms with E-state index in [0.717, 1.165) is 5.56 Å². The van der Waals surface area contributed by atoms with Crippen LogP contribution in [0.1, 0.15) is 18.9 Å². The number of carboxylic acid groups (broad SMARTS) is 1. The van der Waals surface area contributed by atoms with E-state index in [1.54, 1.807) is 6.07 Å². The highest BCUT2D eigenvalue weighted by Crippen LogP contribution is 2.21. The molecule has 0 radical (unpaired) electrons. The summed E-state index contributed by atoms with van der Waals surface area (Å²) >= 11 is 0. The van der Waals surface area contributed by atoms with Crippen LogP contribution in [0.15, 0.2) is 24.3 Å². The van der Waals surface area contributed by atoms with Crippen molar-refractivity contribution in [2.75, 3.05) is 24.5 Å². The highest BCUT2D eigenvalue weighted by molar-refractivity contribution is 5.93. The number of amides is 2. The molecule has 0 heterocycles. The normalized spacial score (nSPS) is 9.76. The predicted molar refractivity (Wildman–Crippen MR) is 82.3 cm³/mol. The van der Waals surface area contributed by atoms with Crippen LogP contribution < -0.4 is 4.90 Å². The summed E-state index contributed by atoms with van der Waals surface area (Å²) in [5.74, 6) is 1.50. The number of carboxylic acids is 1. The molecule has 1 N–H and O–H groups in total. The number of hydrogen-bond donors (Lipinski definition) is 1. The van der Waals surface area contributed by atoms with Crippen molar-refractivity contribution in [3.05, 3.63) is 29.8 Å². The van der Waals surface area contributed by atoms with Crippen molar-refractivity contribution in [3.8, 4) is 12.3 Å². The Morgan fingerprint density at radius 3 is 2.52 bits per heavy atom. The standard InChI is InChI=1S/C16H20N2O3/c1-4-11-17(5-2)16(21)18(12-10-15(19)20)14-9-7-6-8-13(14)3/h1,6-9H,5,10-12H2,2-3H3,(H,19,20). The average molecular weight is 288 g/mol.